The molecule has 4 aromatic carbocycles. The Hall–Kier alpha value is -5.52. The fourth-order valence-corrected chi connectivity index (χ4v) is 6.09. The van der Waals surface area contributed by atoms with E-state index in [1.54, 1.807) is 29.7 Å². The van der Waals surface area contributed by atoms with E-state index >= 15 is 0 Å². The Morgan fingerprint density at radius 3 is 2.34 bits per heavy atom. The summed E-state index contributed by atoms with van der Waals surface area (Å²) in [5.41, 5.74) is 4.30. The van der Waals surface area contributed by atoms with Gasteiger partial charge in [-0.25, -0.2) is 9.79 Å². The Balaban J connectivity index is 1.49. The zero-order valence-corrected chi connectivity index (χ0v) is 24.7. The number of rotatable bonds is 8. The SMILES string of the molecule is CCOC(=O)C1=C(c2ccccc2)N=c2s/c(=C\c3ccccc3OCc3ccc(C#N)cc3)c(=O)n2[C@H]1c1ccccc1. The molecule has 0 N–H and O–H groups in total. The molecule has 0 radical (unpaired) electrons. The summed E-state index contributed by atoms with van der Waals surface area (Å²) in [6.45, 7) is 2.25. The first-order valence-corrected chi connectivity index (χ1v) is 14.9. The summed E-state index contributed by atoms with van der Waals surface area (Å²) < 4.78 is 13.7. The average molecular weight is 598 g/mol. The molecule has 0 amide bonds. The molecule has 0 spiro atoms. The van der Waals surface area contributed by atoms with Crippen molar-refractivity contribution < 1.29 is 14.3 Å². The van der Waals surface area contributed by atoms with Gasteiger partial charge in [-0.1, -0.05) is 102 Å². The molecule has 1 atom stereocenters. The zero-order valence-electron chi connectivity index (χ0n) is 23.8. The Bertz CT molecular complexity index is 2070. The zero-order chi connectivity index (χ0) is 30.5. The number of fused-ring (bicyclic) bond motifs is 1. The van der Waals surface area contributed by atoms with Gasteiger partial charge in [0.25, 0.3) is 5.56 Å². The number of esters is 1. The van der Waals surface area contributed by atoms with Crippen molar-refractivity contribution in [3.05, 3.63) is 162 Å². The molecule has 1 aliphatic heterocycles. The molecule has 5 aromatic rings. The van der Waals surface area contributed by atoms with Crippen LogP contribution in [0, 0.1) is 11.3 Å². The van der Waals surface area contributed by atoms with Gasteiger partial charge in [0, 0.05) is 11.1 Å². The normalized spacial score (nSPS) is 14.4. The van der Waals surface area contributed by atoms with Crippen molar-refractivity contribution in [2.24, 2.45) is 4.99 Å². The van der Waals surface area contributed by atoms with Crippen LogP contribution in [0.1, 0.15) is 40.8 Å². The number of para-hydroxylation sites is 1. The van der Waals surface area contributed by atoms with Crippen LogP contribution in [-0.4, -0.2) is 17.1 Å². The van der Waals surface area contributed by atoms with E-state index in [4.69, 9.17) is 19.7 Å². The lowest BCUT2D eigenvalue weighted by Crippen LogP contribution is -2.40. The van der Waals surface area contributed by atoms with Gasteiger partial charge in [-0.05, 0) is 42.3 Å². The van der Waals surface area contributed by atoms with E-state index < -0.39 is 12.0 Å². The number of nitriles is 1. The van der Waals surface area contributed by atoms with Gasteiger partial charge >= 0.3 is 5.97 Å². The maximum atomic E-state index is 14.2. The molecule has 2 heterocycles. The smallest absolute Gasteiger partial charge is 0.338 e. The van der Waals surface area contributed by atoms with Crippen LogP contribution >= 0.6 is 11.3 Å². The van der Waals surface area contributed by atoms with Gasteiger partial charge in [-0.3, -0.25) is 9.36 Å². The number of hydrogen-bond donors (Lipinski definition) is 0. The number of nitrogens with zero attached hydrogens (tertiary/aromatic N) is 3. The molecule has 0 saturated heterocycles. The van der Waals surface area contributed by atoms with Crippen molar-refractivity contribution in [2.45, 2.75) is 19.6 Å². The second-order valence-corrected chi connectivity index (χ2v) is 11.0. The Morgan fingerprint density at radius 1 is 0.955 bits per heavy atom. The number of aromatic nitrogens is 1. The van der Waals surface area contributed by atoms with Gasteiger partial charge < -0.3 is 9.47 Å². The first-order valence-electron chi connectivity index (χ1n) is 14.1. The molecule has 0 bridgehead atoms. The highest BCUT2D eigenvalue weighted by Crippen LogP contribution is 2.35. The third kappa shape index (κ3) is 5.74. The molecule has 8 heteroatoms. The summed E-state index contributed by atoms with van der Waals surface area (Å²) >= 11 is 1.26. The van der Waals surface area contributed by atoms with Crippen molar-refractivity contribution in [1.82, 2.24) is 4.57 Å². The van der Waals surface area contributed by atoms with E-state index in [-0.39, 0.29) is 12.2 Å². The fourth-order valence-electron chi connectivity index (χ4n) is 5.10. The van der Waals surface area contributed by atoms with E-state index in [9.17, 15) is 9.59 Å². The molecule has 0 saturated carbocycles. The molecule has 6 rings (SSSR count). The summed E-state index contributed by atoms with van der Waals surface area (Å²) in [4.78, 5) is 33.1. The molecular weight excluding hydrogens is 570 g/mol. The van der Waals surface area contributed by atoms with E-state index in [1.807, 2.05) is 97.1 Å². The maximum Gasteiger partial charge on any atom is 0.338 e. The Labute approximate surface area is 257 Å². The lowest BCUT2D eigenvalue weighted by Gasteiger charge is -2.25. The minimum Gasteiger partial charge on any atom is -0.488 e. The number of ether oxygens (including phenoxy) is 2. The third-order valence-electron chi connectivity index (χ3n) is 7.17. The average Bonchev–Trinajstić information content (AvgIpc) is 3.38. The molecule has 0 fully saturated rings. The van der Waals surface area contributed by atoms with Gasteiger partial charge in [0.05, 0.1) is 40.1 Å². The van der Waals surface area contributed by atoms with E-state index in [0.717, 1.165) is 22.3 Å². The second-order valence-electron chi connectivity index (χ2n) is 9.98. The number of carbonyl (C=O) groups is 1. The first-order chi connectivity index (χ1) is 21.6. The second kappa shape index (κ2) is 12.8. The van der Waals surface area contributed by atoms with Gasteiger partial charge in [-0.2, -0.15) is 5.26 Å². The van der Waals surface area contributed by atoms with Crippen molar-refractivity contribution in [3.63, 3.8) is 0 Å². The predicted octanol–water partition coefficient (Wildman–Crippen LogP) is 5.39. The first kappa shape index (κ1) is 28.6. The monoisotopic (exact) mass is 597 g/mol. The largest absolute Gasteiger partial charge is 0.488 e. The van der Waals surface area contributed by atoms with Crippen LogP contribution in [0.25, 0.3) is 11.8 Å². The third-order valence-corrected chi connectivity index (χ3v) is 8.15. The van der Waals surface area contributed by atoms with Gasteiger partial charge in [0.15, 0.2) is 4.80 Å². The predicted molar refractivity (Wildman–Crippen MR) is 169 cm³/mol. The van der Waals surface area contributed by atoms with Crippen LogP contribution in [0.5, 0.6) is 5.75 Å². The summed E-state index contributed by atoms with van der Waals surface area (Å²) in [5, 5.41) is 9.07. The molecule has 44 heavy (non-hydrogen) atoms. The molecule has 1 aliphatic rings. The van der Waals surface area contributed by atoms with Crippen LogP contribution in [0.15, 0.2) is 125 Å². The van der Waals surface area contributed by atoms with Crippen molar-refractivity contribution in [2.75, 3.05) is 6.61 Å². The van der Waals surface area contributed by atoms with Gasteiger partial charge in [-0.15, -0.1) is 0 Å². The summed E-state index contributed by atoms with van der Waals surface area (Å²) in [7, 11) is 0. The fraction of sp³-hybridized carbons (Fsp3) is 0.111. The minimum atomic E-state index is -0.730. The minimum absolute atomic E-state index is 0.190. The molecule has 0 aliphatic carbocycles. The van der Waals surface area contributed by atoms with E-state index in [2.05, 4.69) is 6.07 Å². The van der Waals surface area contributed by atoms with Crippen LogP contribution in [0.3, 0.4) is 0 Å². The lowest BCUT2D eigenvalue weighted by molar-refractivity contribution is -0.138. The van der Waals surface area contributed by atoms with E-state index in [1.165, 1.54) is 11.3 Å². The molecular formula is C36H27N3O4S. The topological polar surface area (TPSA) is 93.7 Å². The number of hydrogen-bond acceptors (Lipinski definition) is 7. The summed E-state index contributed by atoms with van der Waals surface area (Å²) in [6, 6.07) is 35.1. The molecule has 216 valence electrons. The highest BCUT2D eigenvalue weighted by atomic mass is 32.1. The highest BCUT2D eigenvalue weighted by molar-refractivity contribution is 7.07. The number of benzene rings is 4. The highest BCUT2D eigenvalue weighted by Gasteiger charge is 2.35. The van der Waals surface area contributed by atoms with Crippen molar-refractivity contribution in [3.8, 4) is 11.8 Å². The molecule has 7 nitrogen and oxygen atoms in total. The van der Waals surface area contributed by atoms with Crippen LogP contribution < -0.4 is 19.6 Å². The Morgan fingerprint density at radius 2 is 1.64 bits per heavy atom. The lowest BCUT2D eigenvalue weighted by atomic mass is 9.93. The maximum absolute atomic E-state index is 14.2. The van der Waals surface area contributed by atoms with Crippen LogP contribution in [-0.2, 0) is 16.1 Å². The van der Waals surface area contributed by atoms with Gasteiger partial charge in [0.2, 0.25) is 0 Å². The quantitative estimate of drug-likeness (QED) is 0.224. The Kier molecular flexibility index (Phi) is 8.30. The van der Waals surface area contributed by atoms with Gasteiger partial charge in [0.1, 0.15) is 12.4 Å². The molecule has 0 unspecified atom stereocenters. The number of carbonyl (C=O) groups excluding carboxylic acids is 1. The summed E-state index contributed by atoms with van der Waals surface area (Å²) in [5.74, 6) is 0.0966. The van der Waals surface area contributed by atoms with Crippen LogP contribution in [0.2, 0.25) is 0 Å². The van der Waals surface area contributed by atoms with E-state index in [0.29, 0.717) is 38.5 Å². The standard InChI is InChI=1S/C36H27N3O4S/c1-2-42-35(41)31-32(26-11-5-3-6-12-26)38-36-39(33(31)27-13-7-4-8-14-27)34(40)30(44-36)21-28-15-9-10-16-29(28)43-23-25-19-17-24(22-37)18-20-25/h3-21,33H,2,23H2,1H3/b30-21-/t33-/m0/s1. The van der Waals surface area contributed by atoms with Crippen LogP contribution in [0.4, 0.5) is 0 Å². The summed E-state index contributed by atoms with van der Waals surface area (Å²) in [6.07, 6.45) is 1.80. The van der Waals surface area contributed by atoms with Crippen molar-refractivity contribution >= 4 is 29.1 Å². The number of thiazole rings is 1. The van der Waals surface area contributed by atoms with Crippen molar-refractivity contribution in [1.29, 1.82) is 5.26 Å². The molecule has 1 aromatic heterocycles.